The molecule has 1 fully saturated rings. The van der Waals surface area contributed by atoms with Gasteiger partial charge >= 0.3 is 0 Å². The van der Waals surface area contributed by atoms with E-state index in [1.165, 1.54) is 4.31 Å². The van der Waals surface area contributed by atoms with E-state index in [1.54, 1.807) is 56.5 Å². The molecule has 1 amide bonds. The second-order valence-corrected chi connectivity index (χ2v) is 8.93. The molecule has 2 aromatic rings. The van der Waals surface area contributed by atoms with Gasteiger partial charge in [0.25, 0.3) is 0 Å². The summed E-state index contributed by atoms with van der Waals surface area (Å²) in [4.78, 5) is 12.8. The van der Waals surface area contributed by atoms with E-state index in [9.17, 15) is 13.2 Å². The summed E-state index contributed by atoms with van der Waals surface area (Å²) in [6, 6.07) is 13.6. The van der Waals surface area contributed by atoms with Gasteiger partial charge in [-0.05, 0) is 61.7 Å². The number of nitrogens with zero attached hydrogens (tertiary/aromatic N) is 2. The number of hydrogen-bond donors (Lipinski definition) is 1. The van der Waals surface area contributed by atoms with E-state index in [0.717, 1.165) is 5.56 Å². The van der Waals surface area contributed by atoms with Crippen LogP contribution in [0.5, 0.6) is 5.75 Å². The number of nitriles is 1. The van der Waals surface area contributed by atoms with E-state index in [0.29, 0.717) is 29.8 Å². The number of sulfonamides is 1. The summed E-state index contributed by atoms with van der Waals surface area (Å²) in [5.74, 6) is 0.210. The molecule has 7 nitrogen and oxygen atoms in total. The molecule has 0 spiro atoms. The first kappa shape index (κ1) is 20.8. The minimum absolute atomic E-state index is 0.155. The van der Waals surface area contributed by atoms with Crippen molar-refractivity contribution in [3.63, 3.8) is 0 Å². The average Bonchev–Trinajstić information content (AvgIpc) is 2.73. The highest BCUT2D eigenvalue weighted by molar-refractivity contribution is 7.89. The summed E-state index contributed by atoms with van der Waals surface area (Å²) < 4.78 is 32.5. The summed E-state index contributed by atoms with van der Waals surface area (Å²) in [6.45, 7) is 2.36. The zero-order valence-electron chi connectivity index (χ0n) is 16.4. The van der Waals surface area contributed by atoms with Crippen LogP contribution in [0.15, 0.2) is 47.4 Å². The van der Waals surface area contributed by atoms with Crippen molar-refractivity contribution in [2.75, 3.05) is 25.5 Å². The summed E-state index contributed by atoms with van der Waals surface area (Å²) in [5, 5.41) is 11.8. The van der Waals surface area contributed by atoms with Crippen LogP contribution in [0, 0.1) is 24.2 Å². The summed E-state index contributed by atoms with van der Waals surface area (Å²) in [6.07, 6.45) is 0.885. The van der Waals surface area contributed by atoms with E-state index < -0.39 is 10.0 Å². The molecule has 0 aliphatic carbocycles. The molecule has 8 heteroatoms. The zero-order valence-corrected chi connectivity index (χ0v) is 17.2. The molecule has 1 heterocycles. The van der Waals surface area contributed by atoms with Gasteiger partial charge in [-0.3, -0.25) is 4.79 Å². The second-order valence-electron chi connectivity index (χ2n) is 6.99. The number of carbonyl (C=O) groups is 1. The SMILES string of the molecule is COc1ccc(S(=O)(=O)N2CCC(C(=O)Nc3cccc(C#N)c3)CC2)cc1C. The Labute approximate surface area is 171 Å². The molecule has 0 aromatic heterocycles. The highest BCUT2D eigenvalue weighted by atomic mass is 32.2. The number of anilines is 1. The molecule has 0 bridgehead atoms. The van der Waals surface area contributed by atoms with E-state index in [-0.39, 0.29) is 29.8 Å². The molecule has 1 saturated heterocycles. The van der Waals surface area contributed by atoms with Gasteiger partial charge in [0.05, 0.1) is 23.6 Å². The number of ether oxygens (including phenoxy) is 1. The Bertz CT molecular complexity index is 1050. The molecule has 29 heavy (non-hydrogen) atoms. The number of rotatable bonds is 5. The number of aryl methyl sites for hydroxylation is 1. The van der Waals surface area contributed by atoms with Gasteiger partial charge in [-0.2, -0.15) is 9.57 Å². The molecule has 0 atom stereocenters. The third-order valence-electron chi connectivity index (χ3n) is 5.09. The van der Waals surface area contributed by atoms with E-state index in [2.05, 4.69) is 5.32 Å². The minimum Gasteiger partial charge on any atom is -0.496 e. The van der Waals surface area contributed by atoms with Gasteiger partial charge < -0.3 is 10.1 Å². The number of piperidine rings is 1. The van der Waals surface area contributed by atoms with Crippen molar-refractivity contribution >= 4 is 21.6 Å². The molecule has 1 N–H and O–H groups in total. The van der Waals surface area contributed by atoms with Gasteiger partial charge in [-0.15, -0.1) is 0 Å². The fourth-order valence-corrected chi connectivity index (χ4v) is 4.99. The van der Waals surface area contributed by atoms with Crippen LogP contribution in [-0.2, 0) is 14.8 Å². The van der Waals surface area contributed by atoms with Gasteiger partial charge in [0.1, 0.15) is 5.75 Å². The lowest BCUT2D eigenvalue weighted by Crippen LogP contribution is -2.41. The van der Waals surface area contributed by atoms with Crippen LogP contribution in [0.25, 0.3) is 0 Å². The lowest BCUT2D eigenvalue weighted by atomic mass is 9.97. The number of hydrogen-bond acceptors (Lipinski definition) is 5. The van der Waals surface area contributed by atoms with Crippen molar-refractivity contribution < 1.29 is 17.9 Å². The molecule has 0 saturated carbocycles. The second kappa shape index (κ2) is 8.64. The third kappa shape index (κ3) is 4.58. The summed E-state index contributed by atoms with van der Waals surface area (Å²) in [7, 11) is -2.07. The predicted molar refractivity (Wildman–Crippen MR) is 109 cm³/mol. The minimum atomic E-state index is -3.62. The average molecular weight is 413 g/mol. The third-order valence-corrected chi connectivity index (χ3v) is 6.98. The van der Waals surface area contributed by atoms with Crippen LogP contribution < -0.4 is 10.1 Å². The molecule has 2 aromatic carbocycles. The van der Waals surface area contributed by atoms with Crippen LogP contribution in [0.4, 0.5) is 5.69 Å². The molecule has 3 rings (SSSR count). The molecule has 152 valence electrons. The number of methoxy groups -OCH3 is 1. The lowest BCUT2D eigenvalue weighted by molar-refractivity contribution is -0.120. The molecule has 1 aliphatic heterocycles. The van der Waals surface area contributed by atoms with E-state index in [1.807, 2.05) is 6.07 Å². The van der Waals surface area contributed by atoms with Gasteiger partial charge in [0.15, 0.2) is 0 Å². The first-order valence-electron chi connectivity index (χ1n) is 9.31. The smallest absolute Gasteiger partial charge is 0.243 e. The first-order valence-corrected chi connectivity index (χ1v) is 10.7. The number of carbonyl (C=O) groups excluding carboxylic acids is 1. The lowest BCUT2D eigenvalue weighted by Gasteiger charge is -2.30. The molecule has 0 radical (unpaired) electrons. The fraction of sp³-hybridized carbons (Fsp3) is 0.333. The Morgan fingerprint density at radius 3 is 2.55 bits per heavy atom. The summed E-state index contributed by atoms with van der Waals surface area (Å²) >= 11 is 0. The quantitative estimate of drug-likeness (QED) is 0.812. The van der Waals surface area contributed by atoms with Crippen molar-refractivity contribution in [1.29, 1.82) is 5.26 Å². The predicted octanol–water partition coefficient (Wildman–Crippen LogP) is 2.91. The zero-order chi connectivity index (χ0) is 21.0. The van der Waals surface area contributed by atoms with Crippen LogP contribution in [0.3, 0.4) is 0 Å². The van der Waals surface area contributed by atoms with Crippen LogP contribution in [0.2, 0.25) is 0 Å². The first-order chi connectivity index (χ1) is 13.8. The van der Waals surface area contributed by atoms with Crippen molar-refractivity contribution in [3.8, 4) is 11.8 Å². The Kier molecular flexibility index (Phi) is 6.20. The van der Waals surface area contributed by atoms with Crippen molar-refractivity contribution in [2.45, 2.75) is 24.7 Å². The van der Waals surface area contributed by atoms with Gasteiger partial charge in [-0.25, -0.2) is 8.42 Å². The normalized spacial score (nSPS) is 15.5. The number of benzene rings is 2. The Balaban J connectivity index is 1.64. The Morgan fingerprint density at radius 1 is 1.21 bits per heavy atom. The van der Waals surface area contributed by atoms with Crippen LogP contribution >= 0.6 is 0 Å². The fourth-order valence-electron chi connectivity index (χ4n) is 3.43. The van der Waals surface area contributed by atoms with Gasteiger partial charge in [0.2, 0.25) is 15.9 Å². The monoisotopic (exact) mass is 413 g/mol. The highest BCUT2D eigenvalue weighted by Crippen LogP contribution is 2.27. The molecule has 1 aliphatic rings. The largest absolute Gasteiger partial charge is 0.496 e. The van der Waals surface area contributed by atoms with Crippen molar-refractivity contribution in [2.24, 2.45) is 5.92 Å². The van der Waals surface area contributed by atoms with Gasteiger partial charge in [-0.1, -0.05) is 6.07 Å². The van der Waals surface area contributed by atoms with E-state index in [4.69, 9.17) is 10.00 Å². The Hall–Kier alpha value is -2.89. The highest BCUT2D eigenvalue weighted by Gasteiger charge is 2.32. The van der Waals surface area contributed by atoms with Crippen LogP contribution in [0.1, 0.15) is 24.0 Å². The van der Waals surface area contributed by atoms with Gasteiger partial charge in [0, 0.05) is 24.7 Å². The van der Waals surface area contributed by atoms with Crippen molar-refractivity contribution in [1.82, 2.24) is 4.31 Å². The maximum absolute atomic E-state index is 12.9. The molecule has 0 unspecified atom stereocenters. The molecular formula is C21H23N3O4S. The standard InChI is InChI=1S/C21H23N3O4S/c1-15-12-19(6-7-20(15)28-2)29(26,27)24-10-8-17(9-11-24)21(25)23-18-5-3-4-16(13-18)14-22/h3-7,12-13,17H,8-11H2,1-2H3,(H,23,25). The summed E-state index contributed by atoms with van der Waals surface area (Å²) in [5.41, 5.74) is 1.79. The van der Waals surface area contributed by atoms with E-state index >= 15 is 0 Å². The maximum Gasteiger partial charge on any atom is 0.243 e. The maximum atomic E-state index is 12.9. The topological polar surface area (TPSA) is 99.5 Å². The van der Waals surface area contributed by atoms with Crippen molar-refractivity contribution in [3.05, 3.63) is 53.6 Å². The number of amides is 1. The molecular weight excluding hydrogens is 390 g/mol. The Morgan fingerprint density at radius 2 is 1.93 bits per heavy atom. The number of nitrogens with one attached hydrogen (secondary N) is 1. The van der Waals surface area contributed by atoms with Crippen LogP contribution in [-0.4, -0.2) is 38.8 Å².